The molecule has 0 N–H and O–H groups in total. The molecule has 0 saturated heterocycles. The van der Waals surface area contributed by atoms with E-state index in [0.717, 1.165) is 31.4 Å². The first-order chi connectivity index (χ1) is 6.81. The van der Waals surface area contributed by atoms with Gasteiger partial charge in [0.2, 0.25) is 0 Å². The number of hydrogen-bond donors (Lipinski definition) is 0. The van der Waals surface area contributed by atoms with Crippen LogP contribution in [-0.4, -0.2) is 23.2 Å². The maximum absolute atomic E-state index is 10.7. The second kappa shape index (κ2) is 5.54. The summed E-state index contributed by atoms with van der Waals surface area (Å²) in [5.74, 6) is 0. The molecule has 4 nitrogen and oxygen atoms in total. The number of nitrogens with zero attached hydrogens (tertiary/aromatic N) is 2. The predicted octanol–water partition coefficient (Wildman–Crippen LogP) is 1.64. The molecule has 1 rings (SSSR count). The van der Waals surface area contributed by atoms with Gasteiger partial charge in [0.1, 0.15) is 0 Å². The average Bonchev–Trinajstić information content (AvgIpc) is 2.58. The average molecular weight is 196 g/mol. The molecule has 14 heavy (non-hydrogen) atoms. The van der Waals surface area contributed by atoms with E-state index in [1.165, 1.54) is 0 Å². The molecule has 0 atom stereocenters. The molecule has 0 aliphatic rings. The van der Waals surface area contributed by atoms with Crippen LogP contribution in [0, 0.1) is 0 Å². The van der Waals surface area contributed by atoms with Gasteiger partial charge in [-0.25, -0.2) is 0 Å². The van der Waals surface area contributed by atoms with E-state index in [4.69, 9.17) is 4.74 Å². The van der Waals surface area contributed by atoms with Crippen molar-refractivity contribution in [3.8, 4) is 0 Å². The lowest BCUT2D eigenvalue weighted by Crippen LogP contribution is -1.99. The molecule has 0 amide bonds. The lowest BCUT2D eigenvalue weighted by atomic mass is 10.3. The Bertz CT molecular complexity index is 294. The molecule has 0 radical (unpaired) electrons. The highest BCUT2D eigenvalue weighted by molar-refractivity contribution is 5.75. The van der Waals surface area contributed by atoms with Gasteiger partial charge in [-0.15, -0.1) is 0 Å². The van der Waals surface area contributed by atoms with Gasteiger partial charge in [-0.2, -0.15) is 5.10 Å². The molecule has 4 heteroatoms. The van der Waals surface area contributed by atoms with Crippen molar-refractivity contribution in [3.63, 3.8) is 0 Å². The van der Waals surface area contributed by atoms with E-state index in [-0.39, 0.29) is 0 Å². The summed E-state index contributed by atoms with van der Waals surface area (Å²) in [6.07, 6.45) is 4.79. The minimum atomic E-state index is 0.396. The van der Waals surface area contributed by atoms with Crippen LogP contribution in [0.4, 0.5) is 0 Å². The van der Waals surface area contributed by atoms with E-state index in [1.54, 1.807) is 13.3 Å². The molecular formula is C10H16N2O2. The Labute approximate surface area is 83.9 Å². The molecular weight excluding hydrogens is 180 g/mol. The number of carbonyl (C=O) groups excluding carboxylic acids is 1. The number of unbranched alkanes of at least 4 members (excludes halogenated alkanes) is 1. The molecule has 1 heterocycles. The fraction of sp³-hybridized carbons (Fsp3) is 0.600. The van der Waals surface area contributed by atoms with Crippen LogP contribution in [0.25, 0.3) is 0 Å². The number of rotatable bonds is 6. The van der Waals surface area contributed by atoms with Crippen molar-refractivity contribution in [2.24, 2.45) is 0 Å². The topological polar surface area (TPSA) is 44.1 Å². The molecule has 0 aliphatic carbocycles. The van der Waals surface area contributed by atoms with Crippen LogP contribution in [0.1, 0.15) is 35.8 Å². The third kappa shape index (κ3) is 2.67. The molecule has 78 valence electrons. The largest absolute Gasteiger partial charge is 0.378 e. The Morgan fingerprint density at radius 2 is 2.43 bits per heavy atom. The Hall–Kier alpha value is -1.16. The summed E-state index contributed by atoms with van der Waals surface area (Å²) in [7, 11) is 1.60. The van der Waals surface area contributed by atoms with E-state index in [0.29, 0.717) is 12.2 Å². The van der Waals surface area contributed by atoms with Crippen LogP contribution in [0.5, 0.6) is 0 Å². The van der Waals surface area contributed by atoms with Gasteiger partial charge in [-0.1, -0.05) is 13.3 Å². The highest BCUT2D eigenvalue weighted by Crippen LogP contribution is 2.06. The third-order valence-electron chi connectivity index (χ3n) is 2.02. The van der Waals surface area contributed by atoms with Gasteiger partial charge in [-0.3, -0.25) is 9.48 Å². The smallest absolute Gasteiger partial charge is 0.153 e. The zero-order valence-electron chi connectivity index (χ0n) is 8.69. The van der Waals surface area contributed by atoms with E-state index >= 15 is 0 Å². The van der Waals surface area contributed by atoms with Crippen LogP contribution < -0.4 is 0 Å². The Kier molecular flexibility index (Phi) is 4.32. The van der Waals surface area contributed by atoms with Gasteiger partial charge in [0.05, 0.1) is 17.9 Å². The molecule has 0 spiro atoms. The second-order valence-corrected chi connectivity index (χ2v) is 3.20. The number of aromatic nitrogens is 2. The van der Waals surface area contributed by atoms with Gasteiger partial charge in [0, 0.05) is 19.9 Å². The quantitative estimate of drug-likeness (QED) is 0.650. The maximum atomic E-state index is 10.7. The fourth-order valence-electron chi connectivity index (χ4n) is 1.26. The van der Waals surface area contributed by atoms with E-state index in [9.17, 15) is 4.79 Å². The molecule has 1 aromatic rings. The first-order valence-electron chi connectivity index (χ1n) is 4.82. The molecule has 0 unspecified atom stereocenters. The Morgan fingerprint density at radius 3 is 3.00 bits per heavy atom. The van der Waals surface area contributed by atoms with Crippen LogP contribution in [0.2, 0.25) is 0 Å². The normalized spacial score (nSPS) is 10.4. The maximum Gasteiger partial charge on any atom is 0.153 e. The summed E-state index contributed by atoms with van der Waals surface area (Å²) >= 11 is 0. The van der Waals surface area contributed by atoms with Crippen LogP contribution in [0.15, 0.2) is 6.20 Å². The van der Waals surface area contributed by atoms with Gasteiger partial charge in [-0.05, 0) is 6.42 Å². The van der Waals surface area contributed by atoms with Crippen molar-refractivity contribution < 1.29 is 9.53 Å². The van der Waals surface area contributed by atoms with Gasteiger partial charge < -0.3 is 4.74 Å². The fourth-order valence-corrected chi connectivity index (χ4v) is 1.26. The number of aldehydes is 1. The van der Waals surface area contributed by atoms with E-state index in [2.05, 4.69) is 12.0 Å². The lowest BCUT2D eigenvalue weighted by Gasteiger charge is -1.97. The monoisotopic (exact) mass is 196 g/mol. The van der Waals surface area contributed by atoms with Gasteiger partial charge >= 0.3 is 0 Å². The van der Waals surface area contributed by atoms with Crippen molar-refractivity contribution in [2.75, 3.05) is 7.11 Å². The minimum absolute atomic E-state index is 0.396. The van der Waals surface area contributed by atoms with Crippen molar-refractivity contribution >= 4 is 6.29 Å². The molecule has 0 aliphatic heterocycles. The third-order valence-corrected chi connectivity index (χ3v) is 2.02. The first kappa shape index (κ1) is 10.9. The first-order valence-corrected chi connectivity index (χ1v) is 4.82. The minimum Gasteiger partial charge on any atom is -0.378 e. The summed E-state index contributed by atoms with van der Waals surface area (Å²) in [4.78, 5) is 10.7. The molecule has 0 aromatic carbocycles. The summed E-state index contributed by atoms with van der Waals surface area (Å²) in [5.41, 5.74) is 1.35. The number of methoxy groups -OCH3 is 1. The van der Waals surface area contributed by atoms with Gasteiger partial charge in [0.25, 0.3) is 0 Å². The SMILES string of the molecule is CCCCn1cc(C=O)c(COC)n1. The summed E-state index contributed by atoms with van der Waals surface area (Å²) < 4.78 is 6.76. The highest BCUT2D eigenvalue weighted by atomic mass is 16.5. The van der Waals surface area contributed by atoms with Crippen molar-refractivity contribution in [2.45, 2.75) is 32.9 Å². The molecule has 0 bridgehead atoms. The number of hydrogen-bond acceptors (Lipinski definition) is 3. The summed E-state index contributed by atoms with van der Waals surface area (Å²) in [5, 5.41) is 4.27. The van der Waals surface area contributed by atoms with E-state index < -0.39 is 0 Å². The van der Waals surface area contributed by atoms with Gasteiger partial charge in [0.15, 0.2) is 6.29 Å². The standard InChI is InChI=1S/C10H16N2O2/c1-3-4-5-12-6-9(7-13)10(11-12)8-14-2/h6-7H,3-5,8H2,1-2H3. The van der Waals surface area contributed by atoms with Crippen LogP contribution in [0.3, 0.4) is 0 Å². The second-order valence-electron chi connectivity index (χ2n) is 3.20. The summed E-state index contributed by atoms with van der Waals surface area (Å²) in [6.45, 7) is 3.38. The summed E-state index contributed by atoms with van der Waals surface area (Å²) in [6, 6.07) is 0. The Balaban J connectivity index is 2.72. The molecule has 0 fully saturated rings. The number of carbonyl (C=O) groups is 1. The molecule has 1 aromatic heterocycles. The van der Waals surface area contributed by atoms with Crippen molar-refractivity contribution in [1.29, 1.82) is 0 Å². The van der Waals surface area contributed by atoms with E-state index in [1.807, 2.05) is 4.68 Å². The lowest BCUT2D eigenvalue weighted by molar-refractivity contribution is 0.111. The van der Waals surface area contributed by atoms with Crippen molar-refractivity contribution in [1.82, 2.24) is 9.78 Å². The predicted molar refractivity (Wildman–Crippen MR) is 53.2 cm³/mol. The van der Waals surface area contributed by atoms with Crippen LogP contribution >= 0.6 is 0 Å². The highest BCUT2D eigenvalue weighted by Gasteiger charge is 2.06. The van der Waals surface area contributed by atoms with Crippen molar-refractivity contribution in [3.05, 3.63) is 17.5 Å². The Morgan fingerprint density at radius 1 is 1.64 bits per heavy atom. The zero-order valence-corrected chi connectivity index (χ0v) is 8.69. The molecule has 0 saturated carbocycles. The number of ether oxygens (including phenoxy) is 1. The van der Waals surface area contributed by atoms with Crippen LogP contribution in [-0.2, 0) is 17.9 Å². The number of aryl methyl sites for hydroxylation is 1. The zero-order chi connectivity index (χ0) is 10.4.